The van der Waals surface area contributed by atoms with E-state index in [1.807, 2.05) is 44.2 Å². The second-order valence-electron chi connectivity index (χ2n) is 7.75. The van der Waals surface area contributed by atoms with Crippen molar-refractivity contribution >= 4 is 51.3 Å². The van der Waals surface area contributed by atoms with Crippen LogP contribution in [0.1, 0.15) is 18.1 Å². The van der Waals surface area contributed by atoms with Crippen LogP contribution in [0, 0.1) is 6.92 Å². The predicted octanol–water partition coefficient (Wildman–Crippen LogP) is 7.77. The van der Waals surface area contributed by atoms with E-state index in [0.29, 0.717) is 21.5 Å². The Hall–Kier alpha value is -3.41. The summed E-state index contributed by atoms with van der Waals surface area (Å²) < 4.78 is 16.9. The minimum Gasteiger partial charge on any atom is -0.497 e. The summed E-state index contributed by atoms with van der Waals surface area (Å²) in [5.41, 5.74) is 5.46. The molecule has 1 N–H and O–H groups in total. The number of halogens is 2. The van der Waals surface area contributed by atoms with Crippen molar-refractivity contribution in [2.24, 2.45) is 0 Å². The van der Waals surface area contributed by atoms with Gasteiger partial charge >= 0.3 is 0 Å². The van der Waals surface area contributed by atoms with Gasteiger partial charge in [-0.1, -0.05) is 41.4 Å². The molecule has 0 radical (unpaired) electrons. The molecular weight excluding hydrogens is 473 g/mol. The first-order valence-electron chi connectivity index (χ1n) is 10.5. The van der Waals surface area contributed by atoms with Crippen LogP contribution >= 0.6 is 23.2 Å². The highest BCUT2D eigenvalue weighted by atomic mass is 35.5. The molecule has 5 nitrogen and oxygen atoms in total. The number of amides is 1. The number of hydrogen-bond acceptors (Lipinski definition) is 4. The highest BCUT2D eigenvalue weighted by molar-refractivity contribution is 6.44. The average molecular weight is 496 g/mol. The summed E-state index contributed by atoms with van der Waals surface area (Å²) in [5, 5.41) is 4.36. The van der Waals surface area contributed by atoms with Gasteiger partial charge in [0.1, 0.15) is 17.1 Å². The Morgan fingerprint density at radius 2 is 1.79 bits per heavy atom. The second-order valence-corrected chi connectivity index (χ2v) is 8.54. The molecule has 0 saturated carbocycles. The van der Waals surface area contributed by atoms with E-state index in [9.17, 15) is 4.79 Å². The van der Waals surface area contributed by atoms with Gasteiger partial charge in [-0.2, -0.15) is 0 Å². The molecule has 0 aliphatic carbocycles. The number of anilines is 1. The standard InChI is InChI=1S/C27H23Cl2NO4/c1-15(12-24(31)30-23-7-5-6-22(28)25(23)29)19-13-20-21(17-8-10-18(32-3)11-9-17)14-34-27(20)16(2)26(19)33-4/h5-14H,1-4H3,(H,30,31)/b15-12+. The maximum absolute atomic E-state index is 12.7. The van der Waals surface area contributed by atoms with Crippen LogP contribution in [-0.4, -0.2) is 20.1 Å². The summed E-state index contributed by atoms with van der Waals surface area (Å²) >= 11 is 12.3. The number of hydrogen-bond donors (Lipinski definition) is 1. The van der Waals surface area contributed by atoms with E-state index in [4.69, 9.17) is 37.1 Å². The van der Waals surface area contributed by atoms with Gasteiger partial charge in [0.2, 0.25) is 5.91 Å². The third-order valence-electron chi connectivity index (χ3n) is 5.63. The summed E-state index contributed by atoms with van der Waals surface area (Å²) in [6.07, 6.45) is 3.24. The summed E-state index contributed by atoms with van der Waals surface area (Å²) in [6, 6.07) is 14.8. The minimum absolute atomic E-state index is 0.293. The molecule has 4 rings (SSSR count). The van der Waals surface area contributed by atoms with Gasteiger partial charge < -0.3 is 19.2 Å². The molecular formula is C27H23Cl2NO4. The number of benzene rings is 3. The summed E-state index contributed by atoms with van der Waals surface area (Å²) in [7, 11) is 3.24. The van der Waals surface area contributed by atoms with Crippen LogP contribution in [0.5, 0.6) is 11.5 Å². The zero-order chi connectivity index (χ0) is 24.4. The molecule has 1 heterocycles. The highest BCUT2D eigenvalue weighted by Crippen LogP contribution is 2.41. The molecule has 7 heteroatoms. The zero-order valence-corrected chi connectivity index (χ0v) is 20.7. The number of carbonyl (C=O) groups excluding carboxylic acids is 1. The number of aryl methyl sites for hydroxylation is 1. The first kappa shape index (κ1) is 23.7. The van der Waals surface area contributed by atoms with Gasteiger partial charge in [0.25, 0.3) is 0 Å². The molecule has 3 aromatic carbocycles. The third kappa shape index (κ3) is 4.49. The molecule has 0 unspecified atom stereocenters. The lowest BCUT2D eigenvalue weighted by atomic mass is 9.96. The van der Waals surface area contributed by atoms with E-state index in [-0.39, 0.29) is 5.91 Å². The summed E-state index contributed by atoms with van der Waals surface area (Å²) in [6.45, 7) is 3.79. The SMILES string of the molecule is COc1ccc(-c2coc3c(C)c(OC)c(/C(C)=C/C(=O)Nc4cccc(Cl)c4Cl)cc23)cc1. The molecule has 1 amide bonds. The molecule has 174 valence electrons. The van der Waals surface area contributed by atoms with Gasteiger partial charge in [-0.05, 0) is 55.3 Å². The fourth-order valence-electron chi connectivity index (χ4n) is 3.91. The van der Waals surface area contributed by atoms with Crippen molar-refractivity contribution < 1.29 is 18.7 Å². The number of rotatable bonds is 6. The van der Waals surface area contributed by atoms with Crippen LogP contribution in [-0.2, 0) is 4.79 Å². The fraction of sp³-hybridized carbons (Fsp3) is 0.148. The quantitative estimate of drug-likeness (QED) is 0.277. The van der Waals surface area contributed by atoms with Crippen molar-refractivity contribution in [2.75, 3.05) is 19.5 Å². The second kappa shape index (κ2) is 9.84. The van der Waals surface area contributed by atoms with Gasteiger partial charge in [-0.3, -0.25) is 4.79 Å². The van der Waals surface area contributed by atoms with E-state index >= 15 is 0 Å². The van der Waals surface area contributed by atoms with Crippen molar-refractivity contribution in [3.63, 3.8) is 0 Å². The van der Waals surface area contributed by atoms with Crippen molar-refractivity contribution in [1.29, 1.82) is 0 Å². The lowest BCUT2D eigenvalue weighted by molar-refractivity contribution is -0.111. The Labute approximate surface area is 207 Å². The van der Waals surface area contributed by atoms with Crippen molar-refractivity contribution in [3.05, 3.63) is 82.0 Å². The molecule has 0 fully saturated rings. The van der Waals surface area contributed by atoms with Crippen LogP contribution in [0.4, 0.5) is 5.69 Å². The predicted molar refractivity (Wildman–Crippen MR) is 138 cm³/mol. The Balaban J connectivity index is 1.75. The topological polar surface area (TPSA) is 60.7 Å². The monoisotopic (exact) mass is 495 g/mol. The number of fused-ring (bicyclic) bond motifs is 1. The number of carbonyl (C=O) groups is 1. The van der Waals surface area contributed by atoms with Gasteiger partial charge in [0, 0.05) is 28.2 Å². The number of nitrogens with one attached hydrogen (secondary N) is 1. The minimum atomic E-state index is -0.330. The van der Waals surface area contributed by atoms with Crippen molar-refractivity contribution in [1.82, 2.24) is 0 Å². The molecule has 0 saturated heterocycles. The molecule has 0 spiro atoms. The van der Waals surface area contributed by atoms with Crippen LogP contribution in [0.25, 0.3) is 27.7 Å². The Morgan fingerprint density at radius 3 is 2.47 bits per heavy atom. The first-order chi connectivity index (χ1) is 16.3. The Kier molecular flexibility index (Phi) is 6.87. The van der Waals surface area contributed by atoms with Crippen molar-refractivity contribution in [3.8, 4) is 22.6 Å². The van der Waals surface area contributed by atoms with E-state index in [0.717, 1.165) is 44.5 Å². The molecule has 4 aromatic rings. The van der Waals surface area contributed by atoms with E-state index in [1.165, 1.54) is 6.08 Å². The Morgan fingerprint density at radius 1 is 1.06 bits per heavy atom. The third-order valence-corrected chi connectivity index (χ3v) is 6.45. The van der Waals surface area contributed by atoms with E-state index < -0.39 is 0 Å². The molecule has 34 heavy (non-hydrogen) atoms. The Bertz CT molecular complexity index is 1400. The smallest absolute Gasteiger partial charge is 0.248 e. The van der Waals surface area contributed by atoms with Crippen molar-refractivity contribution in [2.45, 2.75) is 13.8 Å². The average Bonchev–Trinajstić information content (AvgIpc) is 3.26. The molecule has 1 aromatic heterocycles. The summed E-state index contributed by atoms with van der Waals surface area (Å²) in [4.78, 5) is 12.7. The van der Waals surface area contributed by atoms with E-state index in [2.05, 4.69) is 5.32 Å². The van der Waals surface area contributed by atoms with Crippen LogP contribution < -0.4 is 14.8 Å². The molecule has 0 aliphatic heterocycles. The lowest BCUT2D eigenvalue weighted by Gasteiger charge is -2.13. The van der Waals surface area contributed by atoms with Crippen LogP contribution in [0.2, 0.25) is 10.0 Å². The van der Waals surface area contributed by atoms with Crippen LogP contribution in [0.3, 0.4) is 0 Å². The van der Waals surface area contributed by atoms with Crippen LogP contribution in [0.15, 0.2) is 65.3 Å². The number of furan rings is 1. The molecule has 0 aliphatic rings. The largest absolute Gasteiger partial charge is 0.497 e. The van der Waals surface area contributed by atoms with Gasteiger partial charge in [-0.15, -0.1) is 0 Å². The fourth-order valence-corrected chi connectivity index (χ4v) is 4.26. The van der Waals surface area contributed by atoms with E-state index in [1.54, 1.807) is 38.7 Å². The summed E-state index contributed by atoms with van der Waals surface area (Å²) in [5.74, 6) is 1.09. The number of ether oxygens (including phenoxy) is 2. The maximum Gasteiger partial charge on any atom is 0.248 e. The zero-order valence-electron chi connectivity index (χ0n) is 19.2. The lowest BCUT2D eigenvalue weighted by Crippen LogP contribution is -2.09. The number of methoxy groups -OCH3 is 2. The highest BCUT2D eigenvalue weighted by Gasteiger charge is 2.19. The van der Waals surface area contributed by atoms with Gasteiger partial charge in [0.05, 0.1) is 36.2 Å². The molecule has 0 atom stereocenters. The molecule has 0 bridgehead atoms. The van der Waals surface area contributed by atoms with Gasteiger partial charge in [-0.25, -0.2) is 0 Å². The maximum atomic E-state index is 12.7. The number of allylic oxidation sites excluding steroid dienone is 1. The normalized spacial score (nSPS) is 11.5. The van der Waals surface area contributed by atoms with Gasteiger partial charge in [0.15, 0.2) is 0 Å². The first-order valence-corrected chi connectivity index (χ1v) is 11.3.